The predicted molar refractivity (Wildman–Crippen MR) is 109 cm³/mol. The van der Waals surface area contributed by atoms with Crippen molar-refractivity contribution in [3.63, 3.8) is 0 Å². The van der Waals surface area contributed by atoms with Crippen molar-refractivity contribution in [1.82, 2.24) is 0 Å². The molecular weight excluding hydrogens is 326 g/mol. The van der Waals surface area contributed by atoms with Crippen molar-refractivity contribution >= 4 is 11.8 Å². The lowest BCUT2D eigenvalue weighted by Gasteiger charge is -2.30. The van der Waals surface area contributed by atoms with Gasteiger partial charge in [0, 0.05) is 13.0 Å². The molecule has 0 radical (unpaired) electrons. The van der Waals surface area contributed by atoms with E-state index in [9.17, 15) is 9.90 Å². The number of amidine groups is 1. The average molecular weight is 367 g/mol. The molecule has 150 valence electrons. The van der Waals surface area contributed by atoms with Gasteiger partial charge >= 0.3 is 5.97 Å². The summed E-state index contributed by atoms with van der Waals surface area (Å²) in [4.78, 5) is 15.6. The molecule has 5 nitrogen and oxygen atoms in total. The zero-order chi connectivity index (χ0) is 19.1. The standard InChI is InChI=1S/C21H39N3O2/c1-2-3-4-5-6-7-8-9-10-11-12-13-14-20-23-16-18-24(20,17-15-22)19-21(25)26/h16,18H,2-15,17,19,22H2,1H3/p+1. The molecular formula is C21H40N3O2+. The second-order valence-electron chi connectivity index (χ2n) is 7.58. The molecule has 5 heteroatoms. The molecule has 0 aromatic carbocycles. The van der Waals surface area contributed by atoms with Crippen LogP contribution in [0.1, 0.15) is 90.4 Å². The van der Waals surface area contributed by atoms with Gasteiger partial charge in [0.05, 0.1) is 6.20 Å². The lowest BCUT2D eigenvalue weighted by molar-refractivity contribution is -0.778. The van der Waals surface area contributed by atoms with E-state index in [1.807, 2.05) is 6.20 Å². The number of rotatable bonds is 17. The molecule has 1 atom stereocenters. The van der Waals surface area contributed by atoms with Gasteiger partial charge in [-0.05, 0) is 6.42 Å². The van der Waals surface area contributed by atoms with Crippen LogP contribution in [-0.4, -0.2) is 41.0 Å². The highest BCUT2D eigenvalue weighted by atomic mass is 16.4. The minimum Gasteiger partial charge on any atom is -0.477 e. The summed E-state index contributed by atoms with van der Waals surface area (Å²) in [5, 5.41) is 9.21. The Kier molecular flexibility index (Phi) is 12.2. The number of hydrogen-bond acceptors (Lipinski definition) is 3. The Bertz CT molecular complexity index is 449. The van der Waals surface area contributed by atoms with Crippen LogP contribution in [0, 0.1) is 0 Å². The Morgan fingerprint density at radius 2 is 1.54 bits per heavy atom. The van der Waals surface area contributed by atoms with Gasteiger partial charge in [-0.15, -0.1) is 0 Å². The fourth-order valence-electron chi connectivity index (χ4n) is 3.76. The van der Waals surface area contributed by atoms with Crippen molar-refractivity contribution in [2.24, 2.45) is 10.7 Å². The van der Waals surface area contributed by atoms with Gasteiger partial charge in [-0.1, -0.05) is 77.6 Å². The molecule has 0 spiro atoms. The number of nitrogens with two attached hydrogens (primary N) is 1. The number of aliphatic imine (C=N–C) groups is 1. The largest absolute Gasteiger partial charge is 0.477 e. The van der Waals surface area contributed by atoms with Crippen LogP contribution in [0.5, 0.6) is 0 Å². The molecule has 26 heavy (non-hydrogen) atoms. The van der Waals surface area contributed by atoms with E-state index in [0.29, 0.717) is 17.6 Å². The van der Waals surface area contributed by atoms with Crippen LogP contribution in [0.2, 0.25) is 0 Å². The molecule has 1 aliphatic heterocycles. The van der Waals surface area contributed by atoms with Crippen LogP contribution in [0.15, 0.2) is 17.4 Å². The quantitative estimate of drug-likeness (QED) is 0.286. The second-order valence-corrected chi connectivity index (χ2v) is 7.58. The summed E-state index contributed by atoms with van der Waals surface area (Å²) in [7, 11) is 0. The summed E-state index contributed by atoms with van der Waals surface area (Å²) < 4.78 is 0.309. The van der Waals surface area contributed by atoms with E-state index in [4.69, 9.17) is 5.73 Å². The summed E-state index contributed by atoms with van der Waals surface area (Å²) in [5.74, 6) is 0.164. The number of nitrogens with zero attached hydrogens (tertiary/aromatic N) is 2. The molecule has 1 heterocycles. The van der Waals surface area contributed by atoms with Gasteiger partial charge < -0.3 is 10.8 Å². The lowest BCUT2D eigenvalue weighted by Crippen LogP contribution is -2.52. The second kappa shape index (κ2) is 13.9. The molecule has 0 fully saturated rings. The summed E-state index contributed by atoms with van der Waals surface area (Å²) in [6.45, 7) is 3.39. The normalized spacial score (nSPS) is 19.1. The average Bonchev–Trinajstić information content (AvgIpc) is 2.97. The molecule has 0 amide bonds. The smallest absolute Gasteiger partial charge is 0.360 e. The molecule has 1 aliphatic rings. The third kappa shape index (κ3) is 8.95. The van der Waals surface area contributed by atoms with Crippen molar-refractivity contribution in [2.45, 2.75) is 90.4 Å². The Morgan fingerprint density at radius 3 is 2.04 bits per heavy atom. The highest BCUT2D eigenvalue weighted by Crippen LogP contribution is 2.21. The van der Waals surface area contributed by atoms with Gasteiger partial charge in [0.1, 0.15) is 12.7 Å². The third-order valence-electron chi connectivity index (χ3n) is 5.29. The number of unbranched alkanes of at least 4 members (excludes halogenated alkanes) is 11. The summed E-state index contributed by atoms with van der Waals surface area (Å²) >= 11 is 0. The molecule has 0 aromatic heterocycles. The topological polar surface area (TPSA) is 75.7 Å². The maximum absolute atomic E-state index is 11.2. The maximum Gasteiger partial charge on any atom is 0.360 e. The fourth-order valence-corrected chi connectivity index (χ4v) is 3.76. The van der Waals surface area contributed by atoms with E-state index >= 15 is 0 Å². The molecule has 1 rings (SSSR count). The van der Waals surface area contributed by atoms with Crippen LogP contribution in [0.3, 0.4) is 0 Å². The van der Waals surface area contributed by atoms with E-state index in [0.717, 1.165) is 18.7 Å². The monoisotopic (exact) mass is 366 g/mol. The SMILES string of the molecule is CCCCCCCCCCCCCCC1=NC=C[N+]1(CCN)CC(=O)O. The zero-order valence-corrected chi connectivity index (χ0v) is 16.8. The highest BCUT2D eigenvalue weighted by Gasteiger charge is 2.36. The molecule has 0 saturated carbocycles. The molecule has 1 unspecified atom stereocenters. The Hall–Kier alpha value is -1.20. The summed E-state index contributed by atoms with van der Waals surface area (Å²) in [5.41, 5.74) is 5.70. The van der Waals surface area contributed by atoms with Gasteiger partial charge in [-0.2, -0.15) is 0 Å². The van der Waals surface area contributed by atoms with Crippen molar-refractivity contribution < 1.29 is 14.4 Å². The molecule has 0 aliphatic carbocycles. The maximum atomic E-state index is 11.2. The zero-order valence-electron chi connectivity index (χ0n) is 16.8. The molecule has 0 aromatic rings. The number of carboxylic acid groups (broad SMARTS) is 1. The third-order valence-corrected chi connectivity index (χ3v) is 5.29. The van der Waals surface area contributed by atoms with Gasteiger partial charge in [0.2, 0.25) is 5.84 Å². The van der Waals surface area contributed by atoms with Crippen molar-refractivity contribution in [3.05, 3.63) is 12.4 Å². The van der Waals surface area contributed by atoms with E-state index < -0.39 is 5.97 Å². The first-order chi connectivity index (χ1) is 12.6. The van der Waals surface area contributed by atoms with E-state index in [1.54, 1.807) is 6.20 Å². The number of hydrogen-bond donors (Lipinski definition) is 2. The summed E-state index contributed by atoms with van der Waals surface area (Å²) in [6.07, 6.45) is 20.4. The van der Waals surface area contributed by atoms with Crippen molar-refractivity contribution in [2.75, 3.05) is 19.6 Å². The minimum absolute atomic E-state index is 0.0464. The first-order valence-corrected chi connectivity index (χ1v) is 10.7. The van der Waals surface area contributed by atoms with Gasteiger partial charge in [-0.3, -0.25) is 0 Å². The Balaban J connectivity index is 2.09. The fraction of sp³-hybridized carbons (Fsp3) is 0.810. The molecule has 3 N–H and O–H groups in total. The van der Waals surface area contributed by atoms with Gasteiger partial charge in [0.25, 0.3) is 0 Å². The number of carbonyl (C=O) groups is 1. The predicted octanol–water partition coefficient (Wildman–Crippen LogP) is 4.82. The van der Waals surface area contributed by atoms with Crippen LogP contribution >= 0.6 is 0 Å². The number of quaternary nitrogens is 1. The molecule has 0 saturated heterocycles. The van der Waals surface area contributed by atoms with E-state index in [2.05, 4.69) is 11.9 Å². The Morgan fingerprint density at radius 1 is 1.00 bits per heavy atom. The lowest BCUT2D eigenvalue weighted by atomic mass is 10.0. The van der Waals surface area contributed by atoms with E-state index in [1.165, 1.54) is 70.6 Å². The van der Waals surface area contributed by atoms with Gasteiger partial charge in [-0.25, -0.2) is 14.3 Å². The van der Waals surface area contributed by atoms with Crippen LogP contribution in [-0.2, 0) is 4.79 Å². The van der Waals surface area contributed by atoms with E-state index in [-0.39, 0.29) is 6.54 Å². The van der Waals surface area contributed by atoms with Crippen LogP contribution in [0.4, 0.5) is 0 Å². The highest BCUT2D eigenvalue weighted by molar-refractivity contribution is 5.81. The summed E-state index contributed by atoms with van der Waals surface area (Å²) in [6, 6.07) is 0. The Labute approximate surface area is 160 Å². The number of aliphatic carboxylic acids is 1. The van der Waals surface area contributed by atoms with Gasteiger partial charge in [0.15, 0.2) is 6.54 Å². The van der Waals surface area contributed by atoms with Crippen LogP contribution < -0.4 is 5.73 Å². The first-order valence-electron chi connectivity index (χ1n) is 10.7. The first kappa shape index (κ1) is 22.8. The minimum atomic E-state index is -0.799. The van der Waals surface area contributed by atoms with Crippen molar-refractivity contribution in [1.29, 1.82) is 0 Å². The molecule has 0 bridgehead atoms. The number of carboxylic acids is 1. The van der Waals surface area contributed by atoms with Crippen LogP contribution in [0.25, 0.3) is 0 Å². The van der Waals surface area contributed by atoms with Crippen molar-refractivity contribution in [3.8, 4) is 0 Å².